The summed E-state index contributed by atoms with van der Waals surface area (Å²) in [5.74, 6) is -1.34. The minimum atomic E-state index is -3.97. The summed E-state index contributed by atoms with van der Waals surface area (Å²) in [5, 5.41) is 1.88. The fourth-order valence-electron chi connectivity index (χ4n) is 3.73. The minimum Gasteiger partial charge on any atom is -0.467 e. The van der Waals surface area contributed by atoms with Crippen LogP contribution in [0.2, 0.25) is 5.02 Å². The van der Waals surface area contributed by atoms with Crippen LogP contribution < -0.4 is 10.1 Å². The molecule has 11 heteroatoms. The van der Waals surface area contributed by atoms with E-state index in [4.69, 9.17) is 20.8 Å². The standard InChI is InChI=1S/C26H26ClN3O6S/c1-17(2)25(29-37(33,34)20-7-4-3-5-8-20)26(32)36-16-24(31)30-22(23-9-6-14-35-23)15-21(28-30)18-10-12-19(27)13-11-18/h3-15,17,22,25,28-29H,16H2,1-2H3/t22-,25-/m0/s1. The summed E-state index contributed by atoms with van der Waals surface area (Å²) in [4.78, 5) is 26.0. The predicted molar refractivity (Wildman–Crippen MR) is 137 cm³/mol. The molecule has 4 rings (SSSR count). The average molecular weight is 544 g/mol. The fourth-order valence-corrected chi connectivity index (χ4v) is 5.21. The summed E-state index contributed by atoms with van der Waals surface area (Å²) < 4.78 is 38.6. The zero-order chi connectivity index (χ0) is 26.6. The van der Waals surface area contributed by atoms with Gasteiger partial charge in [0.1, 0.15) is 17.8 Å². The van der Waals surface area contributed by atoms with E-state index in [9.17, 15) is 18.0 Å². The van der Waals surface area contributed by atoms with Gasteiger partial charge in [-0.2, -0.15) is 4.72 Å². The van der Waals surface area contributed by atoms with Gasteiger partial charge in [-0.15, -0.1) is 0 Å². The van der Waals surface area contributed by atoms with Gasteiger partial charge < -0.3 is 9.15 Å². The average Bonchev–Trinajstić information content (AvgIpc) is 3.57. The highest BCUT2D eigenvalue weighted by Gasteiger charge is 2.35. The van der Waals surface area contributed by atoms with Gasteiger partial charge in [0.25, 0.3) is 5.91 Å². The molecule has 37 heavy (non-hydrogen) atoms. The number of ether oxygens (including phenoxy) is 1. The number of sulfonamides is 1. The van der Waals surface area contributed by atoms with E-state index in [0.29, 0.717) is 16.5 Å². The molecule has 0 unspecified atom stereocenters. The van der Waals surface area contributed by atoms with E-state index in [0.717, 1.165) is 5.56 Å². The van der Waals surface area contributed by atoms with Crippen LogP contribution in [0.25, 0.3) is 5.70 Å². The van der Waals surface area contributed by atoms with Crippen LogP contribution >= 0.6 is 11.6 Å². The lowest BCUT2D eigenvalue weighted by molar-refractivity contribution is -0.155. The molecule has 0 radical (unpaired) electrons. The molecule has 1 amide bonds. The molecule has 194 valence electrons. The van der Waals surface area contributed by atoms with Gasteiger partial charge in [-0.25, -0.2) is 13.4 Å². The Morgan fingerprint density at radius 1 is 1.08 bits per heavy atom. The Labute approximate surface area is 220 Å². The summed E-state index contributed by atoms with van der Waals surface area (Å²) in [6, 6.07) is 16.4. The normalized spacial score (nSPS) is 16.3. The van der Waals surface area contributed by atoms with Crippen LogP contribution in [-0.2, 0) is 24.3 Å². The topological polar surface area (TPSA) is 118 Å². The zero-order valence-electron chi connectivity index (χ0n) is 20.1. The Hall–Kier alpha value is -3.60. The molecule has 2 aromatic carbocycles. The summed E-state index contributed by atoms with van der Waals surface area (Å²) in [6.45, 7) is 2.75. The molecule has 0 saturated carbocycles. The van der Waals surface area contributed by atoms with Crippen molar-refractivity contribution in [3.63, 3.8) is 0 Å². The molecule has 1 aliphatic heterocycles. The van der Waals surface area contributed by atoms with Crippen LogP contribution in [0.3, 0.4) is 0 Å². The van der Waals surface area contributed by atoms with Gasteiger partial charge in [-0.05, 0) is 54.0 Å². The number of benzene rings is 2. The third kappa shape index (κ3) is 6.22. The largest absolute Gasteiger partial charge is 0.467 e. The first-order chi connectivity index (χ1) is 17.7. The van der Waals surface area contributed by atoms with Crippen molar-refractivity contribution in [2.24, 2.45) is 5.92 Å². The third-order valence-corrected chi connectivity index (χ3v) is 7.41. The van der Waals surface area contributed by atoms with Crippen molar-refractivity contribution in [1.82, 2.24) is 15.2 Å². The number of nitrogens with one attached hydrogen (secondary N) is 2. The smallest absolute Gasteiger partial charge is 0.324 e. The number of hydrogen-bond donors (Lipinski definition) is 2. The molecule has 9 nitrogen and oxygen atoms in total. The van der Waals surface area contributed by atoms with Crippen LogP contribution in [0.15, 0.2) is 88.4 Å². The quantitative estimate of drug-likeness (QED) is 0.393. The highest BCUT2D eigenvalue weighted by atomic mass is 35.5. The molecule has 0 spiro atoms. The number of carbonyl (C=O) groups is 2. The first kappa shape index (κ1) is 26.5. The van der Waals surface area contributed by atoms with Crippen LogP contribution in [-0.4, -0.2) is 38.0 Å². The monoisotopic (exact) mass is 543 g/mol. The first-order valence-corrected chi connectivity index (χ1v) is 13.4. The van der Waals surface area contributed by atoms with Crippen molar-refractivity contribution in [2.45, 2.75) is 30.8 Å². The Balaban J connectivity index is 1.45. The van der Waals surface area contributed by atoms with Gasteiger partial charge in [0.2, 0.25) is 10.0 Å². The zero-order valence-corrected chi connectivity index (χ0v) is 21.7. The third-order valence-electron chi connectivity index (χ3n) is 5.70. The van der Waals surface area contributed by atoms with Crippen molar-refractivity contribution < 1.29 is 27.2 Å². The number of furan rings is 1. The lowest BCUT2D eigenvalue weighted by Crippen LogP contribution is -2.47. The fraction of sp³-hybridized carbons (Fsp3) is 0.231. The molecule has 0 fully saturated rings. The lowest BCUT2D eigenvalue weighted by Gasteiger charge is -2.25. The number of nitrogens with zero attached hydrogens (tertiary/aromatic N) is 1. The van der Waals surface area contributed by atoms with Crippen LogP contribution in [0.4, 0.5) is 0 Å². The molecular weight excluding hydrogens is 518 g/mol. The Bertz CT molecular complexity index is 1370. The Morgan fingerprint density at radius 2 is 1.78 bits per heavy atom. The van der Waals surface area contributed by atoms with Crippen molar-refractivity contribution in [2.75, 3.05) is 6.61 Å². The number of carbonyl (C=O) groups excluding carboxylic acids is 2. The van der Waals surface area contributed by atoms with Crippen LogP contribution in [0.5, 0.6) is 0 Å². The second-order valence-electron chi connectivity index (χ2n) is 8.69. The minimum absolute atomic E-state index is 0.0212. The number of amides is 1. The summed E-state index contributed by atoms with van der Waals surface area (Å²) in [6.07, 6.45) is 3.31. The maximum Gasteiger partial charge on any atom is 0.324 e. The number of hydrogen-bond acceptors (Lipinski definition) is 7. The van der Waals surface area contributed by atoms with Gasteiger partial charge in [-0.3, -0.25) is 15.0 Å². The Kier molecular flexibility index (Phi) is 8.01. The van der Waals surface area contributed by atoms with Crippen molar-refractivity contribution in [3.05, 3.63) is 95.4 Å². The van der Waals surface area contributed by atoms with E-state index < -0.39 is 46.5 Å². The van der Waals surface area contributed by atoms with E-state index in [1.54, 1.807) is 68.4 Å². The summed E-state index contributed by atoms with van der Waals surface area (Å²) >= 11 is 5.99. The molecule has 1 aromatic heterocycles. The van der Waals surface area contributed by atoms with Crippen molar-refractivity contribution in [3.8, 4) is 0 Å². The summed E-state index contributed by atoms with van der Waals surface area (Å²) in [5.41, 5.74) is 4.48. The maximum atomic E-state index is 13.1. The van der Waals surface area contributed by atoms with Gasteiger partial charge in [0.15, 0.2) is 6.61 Å². The molecule has 1 aliphatic rings. The highest BCUT2D eigenvalue weighted by molar-refractivity contribution is 7.89. The SMILES string of the molecule is CC(C)[C@H](NS(=O)(=O)c1ccccc1)C(=O)OCC(=O)N1NC(c2ccc(Cl)cc2)=C[C@H]1c1ccco1. The molecule has 0 bridgehead atoms. The second kappa shape index (κ2) is 11.2. The van der Waals surface area contributed by atoms with Gasteiger partial charge in [-0.1, -0.05) is 55.8 Å². The molecule has 0 aliphatic carbocycles. The first-order valence-electron chi connectivity index (χ1n) is 11.5. The van der Waals surface area contributed by atoms with E-state index in [1.165, 1.54) is 23.4 Å². The second-order valence-corrected chi connectivity index (χ2v) is 10.8. The Morgan fingerprint density at radius 3 is 2.41 bits per heavy atom. The van der Waals surface area contributed by atoms with Crippen molar-refractivity contribution >= 4 is 39.2 Å². The van der Waals surface area contributed by atoms with Gasteiger partial charge >= 0.3 is 5.97 Å². The van der Waals surface area contributed by atoms with Gasteiger partial charge in [0.05, 0.1) is 16.9 Å². The molecule has 2 heterocycles. The number of hydrazine groups is 1. The van der Waals surface area contributed by atoms with E-state index in [-0.39, 0.29) is 4.90 Å². The van der Waals surface area contributed by atoms with Crippen molar-refractivity contribution in [1.29, 1.82) is 0 Å². The number of esters is 1. The lowest BCUT2D eigenvalue weighted by atomic mass is 10.1. The molecule has 3 aromatic rings. The number of halogens is 1. The van der Waals surface area contributed by atoms with E-state index in [2.05, 4.69) is 10.1 Å². The summed E-state index contributed by atoms with van der Waals surface area (Å²) in [7, 11) is -3.97. The van der Waals surface area contributed by atoms with E-state index >= 15 is 0 Å². The number of rotatable bonds is 9. The van der Waals surface area contributed by atoms with E-state index in [1.807, 2.05) is 6.08 Å². The molecule has 0 saturated heterocycles. The predicted octanol–water partition coefficient (Wildman–Crippen LogP) is 3.91. The molecule has 2 N–H and O–H groups in total. The van der Waals surface area contributed by atoms with Crippen LogP contribution in [0.1, 0.15) is 31.2 Å². The molecule has 2 atom stereocenters. The molecular formula is C26H26ClN3O6S. The maximum absolute atomic E-state index is 13.1. The van der Waals surface area contributed by atoms with Gasteiger partial charge in [0, 0.05) is 5.02 Å². The highest BCUT2D eigenvalue weighted by Crippen LogP contribution is 2.32. The van der Waals surface area contributed by atoms with Crippen LogP contribution in [0, 0.1) is 5.92 Å².